The number of amides is 2. The van der Waals surface area contributed by atoms with Gasteiger partial charge in [-0.1, -0.05) is 71.9 Å². The summed E-state index contributed by atoms with van der Waals surface area (Å²) in [7, 11) is 1.61. The highest BCUT2D eigenvalue weighted by Crippen LogP contribution is 2.36. The van der Waals surface area contributed by atoms with E-state index in [1.807, 2.05) is 54.6 Å². The van der Waals surface area contributed by atoms with Gasteiger partial charge in [0.2, 0.25) is 0 Å². The van der Waals surface area contributed by atoms with E-state index < -0.39 is 6.03 Å². The molecule has 4 aromatic rings. The van der Waals surface area contributed by atoms with Crippen molar-refractivity contribution < 1.29 is 9.53 Å². The first-order valence-corrected chi connectivity index (χ1v) is 15.3. The minimum Gasteiger partial charge on any atom is -0.497 e. The number of methoxy groups -OCH3 is 1. The van der Waals surface area contributed by atoms with Gasteiger partial charge < -0.3 is 20.3 Å². The Kier molecular flexibility index (Phi) is 10.6. The lowest BCUT2D eigenvalue weighted by atomic mass is 9.93. The van der Waals surface area contributed by atoms with E-state index in [-0.39, 0.29) is 23.1 Å². The Morgan fingerprint density at radius 1 is 0.930 bits per heavy atom. The Labute approximate surface area is 255 Å². The maximum atomic E-state index is 14.3. The number of anilines is 2. The summed E-state index contributed by atoms with van der Waals surface area (Å²) in [6, 6.07) is 17.0. The van der Waals surface area contributed by atoms with E-state index in [2.05, 4.69) is 62.1 Å². The lowest BCUT2D eigenvalue weighted by Gasteiger charge is -2.22. The molecular weight excluding hydrogens is 538 g/mol. The van der Waals surface area contributed by atoms with Gasteiger partial charge in [0.05, 0.1) is 7.11 Å². The topological polar surface area (TPSA) is 88.5 Å². The third-order valence-electron chi connectivity index (χ3n) is 7.98. The van der Waals surface area contributed by atoms with Crippen molar-refractivity contribution in [3.8, 4) is 16.9 Å². The first-order chi connectivity index (χ1) is 20.7. The molecule has 0 saturated carbocycles. The second-order valence-corrected chi connectivity index (χ2v) is 11.4. The van der Waals surface area contributed by atoms with Crippen LogP contribution in [0.3, 0.4) is 0 Å². The molecule has 2 aromatic heterocycles. The van der Waals surface area contributed by atoms with Gasteiger partial charge >= 0.3 is 6.03 Å². The Bertz CT molecular complexity index is 1600. The maximum Gasteiger partial charge on any atom is 0.323 e. The zero-order chi connectivity index (χ0) is 31.1. The Hall–Kier alpha value is -4.17. The average Bonchev–Trinajstić information content (AvgIpc) is 3.00. The van der Waals surface area contributed by atoms with Crippen LogP contribution in [0.4, 0.5) is 16.2 Å². The predicted molar refractivity (Wildman–Crippen MR) is 178 cm³/mol. The fraction of sp³-hybridized carbons (Fsp3) is 0.400. The summed E-state index contributed by atoms with van der Waals surface area (Å²) in [4.78, 5) is 35.1. The molecule has 0 aliphatic carbocycles. The van der Waals surface area contributed by atoms with E-state index in [1.54, 1.807) is 17.9 Å². The molecule has 2 heterocycles. The van der Waals surface area contributed by atoms with E-state index in [4.69, 9.17) is 4.74 Å². The first kappa shape index (κ1) is 31.8. The maximum absolute atomic E-state index is 14.3. The molecule has 2 aromatic carbocycles. The second-order valence-electron chi connectivity index (χ2n) is 11.4. The summed E-state index contributed by atoms with van der Waals surface area (Å²) in [5.74, 6) is 1.06. The molecule has 0 aliphatic rings. The number of para-hydroxylation sites is 1. The largest absolute Gasteiger partial charge is 0.497 e. The Morgan fingerprint density at radius 3 is 2.21 bits per heavy atom. The molecule has 4 rings (SSSR count). The third kappa shape index (κ3) is 7.08. The molecule has 0 unspecified atom stereocenters. The molecule has 0 radical (unpaired) electrons. The van der Waals surface area contributed by atoms with E-state index in [0.717, 1.165) is 53.8 Å². The van der Waals surface area contributed by atoms with Crippen LogP contribution < -0.4 is 20.9 Å². The number of benzene rings is 2. The lowest BCUT2D eigenvalue weighted by molar-refractivity contribution is 0.262. The van der Waals surface area contributed by atoms with E-state index in [9.17, 15) is 9.59 Å². The van der Waals surface area contributed by atoms with Crippen LogP contribution in [-0.2, 0) is 6.54 Å². The van der Waals surface area contributed by atoms with Gasteiger partial charge in [0.1, 0.15) is 17.1 Å². The van der Waals surface area contributed by atoms with Crippen LogP contribution >= 0.6 is 0 Å². The normalized spacial score (nSPS) is 11.5. The quantitative estimate of drug-likeness (QED) is 0.178. The molecule has 0 atom stereocenters. The van der Waals surface area contributed by atoms with Crippen molar-refractivity contribution in [2.24, 2.45) is 0 Å². The first-order valence-electron chi connectivity index (χ1n) is 15.3. The van der Waals surface area contributed by atoms with Gasteiger partial charge in [0.25, 0.3) is 5.56 Å². The van der Waals surface area contributed by atoms with Crippen molar-refractivity contribution in [2.75, 3.05) is 37.4 Å². The highest BCUT2D eigenvalue weighted by atomic mass is 16.5. The average molecular weight is 584 g/mol. The van der Waals surface area contributed by atoms with Crippen molar-refractivity contribution in [3.05, 3.63) is 82.3 Å². The van der Waals surface area contributed by atoms with Crippen LogP contribution in [0.2, 0.25) is 0 Å². The van der Waals surface area contributed by atoms with Crippen molar-refractivity contribution in [1.82, 2.24) is 14.5 Å². The molecule has 0 saturated heterocycles. The highest BCUT2D eigenvalue weighted by Gasteiger charge is 2.23. The van der Waals surface area contributed by atoms with Gasteiger partial charge in [-0.3, -0.25) is 9.36 Å². The van der Waals surface area contributed by atoms with Crippen LogP contribution in [0.15, 0.2) is 65.6 Å². The summed E-state index contributed by atoms with van der Waals surface area (Å²) in [6.45, 7) is 15.9. The molecule has 0 fully saturated rings. The number of urea groups is 1. The van der Waals surface area contributed by atoms with Crippen molar-refractivity contribution in [2.45, 2.75) is 66.3 Å². The molecule has 2 N–H and O–H groups in total. The molecule has 2 amide bonds. The lowest BCUT2D eigenvalue weighted by Crippen LogP contribution is -2.31. The predicted octanol–water partition coefficient (Wildman–Crippen LogP) is 7.69. The smallest absolute Gasteiger partial charge is 0.323 e. The summed E-state index contributed by atoms with van der Waals surface area (Å²) in [5, 5.41) is 6.88. The van der Waals surface area contributed by atoms with E-state index >= 15 is 0 Å². The van der Waals surface area contributed by atoms with Gasteiger partial charge in [-0.15, -0.1) is 0 Å². The minimum atomic E-state index is -0.464. The van der Waals surface area contributed by atoms with Gasteiger partial charge in [-0.2, -0.15) is 0 Å². The number of aryl methyl sites for hydroxylation is 1. The van der Waals surface area contributed by atoms with Crippen LogP contribution in [-0.4, -0.2) is 47.2 Å². The summed E-state index contributed by atoms with van der Waals surface area (Å²) >= 11 is 0. The molecular formula is C35H45N5O3. The van der Waals surface area contributed by atoms with E-state index in [1.165, 1.54) is 0 Å². The van der Waals surface area contributed by atoms with Gasteiger partial charge in [-0.05, 0) is 78.8 Å². The number of pyridine rings is 2. The number of ether oxygens (including phenoxy) is 1. The van der Waals surface area contributed by atoms with Gasteiger partial charge in [-0.25, -0.2) is 9.78 Å². The van der Waals surface area contributed by atoms with Crippen molar-refractivity contribution >= 4 is 28.4 Å². The molecule has 0 aliphatic heterocycles. The molecule has 0 bridgehead atoms. The monoisotopic (exact) mass is 583 g/mol. The summed E-state index contributed by atoms with van der Waals surface area (Å²) in [6.07, 6.45) is 2.48. The van der Waals surface area contributed by atoms with Gasteiger partial charge in [0.15, 0.2) is 0 Å². The molecule has 43 heavy (non-hydrogen) atoms. The number of carbonyl (C=O) groups excluding carboxylic acids is 1. The Balaban J connectivity index is 1.86. The zero-order valence-electron chi connectivity index (χ0n) is 26.5. The number of hydrogen-bond donors (Lipinski definition) is 2. The third-order valence-corrected chi connectivity index (χ3v) is 7.98. The number of nitrogens with one attached hydrogen (secondary N) is 2. The van der Waals surface area contributed by atoms with Crippen molar-refractivity contribution in [1.29, 1.82) is 0 Å². The SMILES string of the molecule is CCN(CC)CCCn1c(=O)c(NC(=O)Nc2c(C(C)C)cccc2C(C)C)c(-c2cccc(OC)c2)c2cccnc21. The van der Waals surface area contributed by atoms with Crippen LogP contribution in [0.1, 0.15) is 70.9 Å². The fourth-order valence-corrected chi connectivity index (χ4v) is 5.63. The molecule has 228 valence electrons. The fourth-order valence-electron chi connectivity index (χ4n) is 5.63. The Morgan fingerprint density at radius 2 is 1.58 bits per heavy atom. The van der Waals surface area contributed by atoms with Gasteiger partial charge in [0, 0.05) is 29.4 Å². The van der Waals surface area contributed by atoms with Crippen LogP contribution in [0.25, 0.3) is 22.2 Å². The van der Waals surface area contributed by atoms with Crippen LogP contribution in [0, 0.1) is 0 Å². The number of hydrogen-bond acceptors (Lipinski definition) is 5. The zero-order valence-corrected chi connectivity index (χ0v) is 26.5. The molecule has 8 nitrogen and oxygen atoms in total. The number of rotatable bonds is 12. The van der Waals surface area contributed by atoms with Crippen LogP contribution in [0.5, 0.6) is 5.75 Å². The summed E-state index contributed by atoms with van der Waals surface area (Å²) < 4.78 is 7.20. The summed E-state index contributed by atoms with van der Waals surface area (Å²) in [5.41, 5.74) is 4.76. The minimum absolute atomic E-state index is 0.205. The standard InChI is InChI=1S/C35H45N5O3/c1-8-39(9-2)20-13-21-40-33-29(18-12-19-36-33)30(25-14-10-15-26(22-25)43-7)32(34(40)41)38-35(42)37-31-27(23(3)4)16-11-17-28(31)24(5)6/h10-12,14-19,22-24H,8-9,13,20-21H2,1-7H3,(H2,37,38,42). The molecule has 8 heteroatoms. The molecule has 0 spiro atoms. The number of nitrogens with zero attached hydrogens (tertiary/aromatic N) is 3. The number of aromatic nitrogens is 2. The second kappa shape index (κ2) is 14.3. The van der Waals surface area contributed by atoms with Crippen molar-refractivity contribution in [3.63, 3.8) is 0 Å². The van der Waals surface area contributed by atoms with E-state index in [0.29, 0.717) is 23.5 Å². The number of carbonyl (C=O) groups is 1. The number of fused-ring (bicyclic) bond motifs is 1. The highest BCUT2D eigenvalue weighted by molar-refractivity contribution is 6.07.